The van der Waals surface area contributed by atoms with Crippen LogP contribution in [-0.4, -0.2) is 15.0 Å². The van der Waals surface area contributed by atoms with Gasteiger partial charge < -0.3 is 0 Å². The van der Waals surface area contributed by atoms with E-state index in [-0.39, 0.29) is 10.8 Å². The van der Waals surface area contributed by atoms with Crippen LogP contribution >= 0.6 is 0 Å². The highest BCUT2D eigenvalue weighted by Crippen LogP contribution is 2.46. The molecule has 1 heterocycles. The molecule has 0 atom stereocenters. The van der Waals surface area contributed by atoms with E-state index in [0.717, 1.165) is 16.7 Å². The molecule has 1 aliphatic carbocycles. The van der Waals surface area contributed by atoms with Crippen molar-refractivity contribution in [1.29, 1.82) is 0 Å². The lowest BCUT2D eigenvalue weighted by atomic mass is 9.63. The zero-order chi connectivity index (χ0) is 26.3. The van der Waals surface area contributed by atoms with Crippen molar-refractivity contribution in [2.45, 2.75) is 51.4 Å². The summed E-state index contributed by atoms with van der Waals surface area (Å²) in [5, 5.41) is 0. The van der Waals surface area contributed by atoms with Gasteiger partial charge in [0.2, 0.25) is 0 Å². The Morgan fingerprint density at radius 2 is 0.816 bits per heavy atom. The molecule has 0 fully saturated rings. The molecule has 0 amide bonds. The molecule has 3 heteroatoms. The fourth-order valence-electron chi connectivity index (χ4n) is 5.52. The molecule has 0 saturated carbocycles. The third-order valence-corrected chi connectivity index (χ3v) is 8.03. The Labute approximate surface area is 225 Å². The highest BCUT2D eigenvalue weighted by molar-refractivity contribution is 5.71. The first-order valence-corrected chi connectivity index (χ1v) is 13.4. The van der Waals surface area contributed by atoms with E-state index in [2.05, 4.69) is 107 Å². The Morgan fingerprint density at radius 3 is 1.39 bits per heavy atom. The van der Waals surface area contributed by atoms with Gasteiger partial charge in [-0.1, -0.05) is 125 Å². The zero-order valence-corrected chi connectivity index (χ0v) is 22.6. The van der Waals surface area contributed by atoms with Gasteiger partial charge in [-0.2, -0.15) is 0 Å². The van der Waals surface area contributed by atoms with E-state index in [1.54, 1.807) is 0 Å². The van der Waals surface area contributed by atoms with Gasteiger partial charge in [-0.15, -0.1) is 0 Å². The highest BCUT2D eigenvalue weighted by atomic mass is 15.0. The van der Waals surface area contributed by atoms with Crippen molar-refractivity contribution in [1.82, 2.24) is 15.0 Å². The van der Waals surface area contributed by atoms with Gasteiger partial charge in [-0.25, -0.2) is 15.0 Å². The second kappa shape index (κ2) is 9.33. The van der Waals surface area contributed by atoms with E-state index in [0.29, 0.717) is 17.5 Å². The van der Waals surface area contributed by atoms with E-state index in [1.165, 1.54) is 35.1 Å². The number of hydrogen-bond acceptors (Lipinski definition) is 3. The largest absolute Gasteiger partial charge is 0.208 e. The van der Waals surface area contributed by atoms with Crippen molar-refractivity contribution < 1.29 is 0 Å². The van der Waals surface area contributed by atoms with Crippen LogP contribution in [0.5, 0.6) is 0 Å². The lowest BCUT2D eigenvalue weighted by Crippen LogP contribution is -2.33. The molecule has 0 unspecified atom stereocenters. The van der Waals surface area contributed by atoms with Crippen molar-refractivity contribution in [3.63, 3.8) is 0 Å². The maximum absolute atomic E-state index is 5.01. The van der Waals surface area contributed by atoms with Gasteiger partial charge in [0.1, 0.15) is 0 Å². The second-order valence-corrected chi connectivity index (χ2v) is 11.6. The number of benzene rings is 4. The van der Waals surface area contributed by atoms with Crippen molar-refractivity contribution >= 4 is 0 Å². The molecule has 0 saturated heterocycles. The molecule has 5 aromatic rings. The molecular weight excluding hydrogens is 462 g/mol. The van der Waals surface area contributed by atoms with Crippen LogP contribution in [0.1, 0.15) is 51.7 Å². The molecule has 0 aliphatic heterocycles. The smallest absolute Gasteiger partial charge is 0.164 e. The molecule has 1 aromatic heterocycles. The van der Waals surface area contributed by atoms with Gasteiger partial charge in [0.05, 0.1) is 0 Å². The predicted molar refractivity (Wildman–Crippen MR) is 157 cm³/mol. The molecule has 0 radical (unpaired) electrons. The van der Waals surface area contributed by atoms with Gasteiger partial charge in [0.15, 0.2) is 17.5 Å². The lowest BCUT2D eigenvalue weighted by Gasteiger charge is -2.42. The van der Waals surface area contributed by atoms with E-state index < -0.39 is 0 Å². The summed E-state index contributed by atoms with van der Waals surface area (Å²) in [7, 11) is 0. The van der Waals surface area contributed by atoms with Gasteiger partial charge in [-0.05, 0) is 52.0 Å². The molecule has 0 N–H and O–H groups in total. The third kappa shape index (κ3) is 4.54. The molecule has 188 valence electrons. The average molecular weight is 496 g/mol. The van der Waals surface area contributed by atoms with Crippen LogP contribution in [0.4, 0.5) is 0 Å². The number of fused-ring (bicyclic) bond motifs is 1. The van der Waals surface area contributed by atoms with Crippen molar-refractivity contribution in [3.05, 3.63) is 114 Å². The highest BCUT2D eigenvalue weighted by Gasteiger charge is 2.37. The maximum Gasteiger partial charge on any atom is 0.164 e. The standard InChI is InChI=1S/C35H33N3/c1-34(2)21-22-35(3,4)30-23-28(19-20-29(30)34)33-37-31(26-13-9-6-10-14-26)36-32(38-33)27-17-15-25(16-18-27)24-11-7-5-8-12-24/h5-20,23H,21-22H2,1-4H3. The van der Waals surface area contributed by atoms with E-state index in [4.69, 9.17) is 15.0 Å². The summed E-state index contributed by atoms with van der Waals surface area (Å²) in [5.41, 5.74) is 8.49. The van der Waals surface area contributed by atoms with Gasteiger partial charge >= 0.3 is 0 Å². The molecular formula is C35H33N3. The van der Waals surface area contributed by atoms with Crippen LogP contribution in [0, 0.1) is 0 Å². The summed E-state index contributed by atoms with van der Waals surface area (Å²) < 4.78 is 0. The average Bonchev–Trinajstić information content (AvgIpc) is 2.96. The normalized spacial score (nSPS) is 15.6. The molecule has 6 rings (SSSR count). The van der Waals surface area contributed by atoms with E-state index >= 15 is 0 Å². The Hall–Kier alpha value is -4.11. The fourth-order valence-corrected chi connectivity index (χ4v) is 5.52. The van der Waals surface area contributed by atoms with E-state index in [1.807, 2.05) is 24.3 Å². The monoisotopic (exact) mass is 495 g/mol. The summed E-state index contributed by atoms with van der Waals surface area (Å²) in [5.74, 6) is 2.09. The maximum atomic E-state index is 5.01. The number of rotatable bonds is 4. The van der Waals surface area contributed by atoms with Crippen molar-refractivity contribution in [2.24, 2.45) is 0 Å². The Kier molecular flexibility index (Phi) is 5.95. The molecule has 4 aromatic carbocycles. The summed E-state index contributed by atoms with van der Waals surface area (Å²) in [6.07, 6.45) is 2.36. The van der Waals surface area contributed by atoms with Gasteiger partial charge in [0.25, 0.3) is 0 Å². The molecule has 0 bridgehead atoms. The Balaban J connectivity index is 1.48. The Morgan fingerprint density at radius 1 is 0.421 bits per heavy atom. The quantitative estimate of drug-likeness (QED) is 0.250. The summed E-state index contributed by atoms with van der Waals surface area (Å²) >= 11 is 0. The van der Waals surface area contributed by atoms with Crippen LogP contribution in [-0.2, 0) is 10.8 Å². The topological polar surface area (TPSA) is 38.7 Å². The predicted octanol–water partition coefficient (Wildman–Crippen LogP) is 8.89. The zero-order valence-electron chi connectivity index (χ0n) is 22.6. The molecule has 38 heavy (non-hydrogen) atoms. The van der Waals surface area contributed by atoms with E-state index in [9.17, 15) is 0 Å². The number of aromatic nitrogens is 3. The van der Waals surface area contributed by atoms with Gasteiger partial charge in [0, 0.05) is 16.7 Å². The third-order valence-electron chi connectivity index (χ3n) is 8.03. The van der Waals surface area contributed by atoms with Crippen molar-refractivity contribution in [3.8, 4) is 45.3 Å². The number of nitrogens with zero attached hydrogens (tertiary/aromatic N) is 3. The number of hydrogen-bond donors (Lipinski definition) is 0. The molecule has 1 aliphatic rings. The minimum absolute atomic E-state index is 0.117. The van der Waals surface area contributed by atoms with Gasteiger partial charge in [-0.3, -0.25) is 0 Å². The summed E-state index contributed by atoms with van der Waals surface area (Å²) in [4.78, 5) is 14.9. The summed E-state index contributed by atoms with van der Waals surface area (Å²) in [6.45, 7) is 9.42. The molecule has 0 spiro atoms. The summed E-state index contributed by atoms with van der Waals surface area (Å²) in [6, 6.07) is 35.9. The van der Waals surface area contributed by atoms with Crippen LogP contribution in [0.25, 0.3) is 45.3 Å². The minimum atomic E-state index is 0.117. The first-order valence-electron chi connectivity index (χ1n) is 13.4. The lowest BCUT2D eigenvalue weighted by molar-refractivity contribution is 0.332. The van der Waals surface area contributed by atoms with Crippen LogP contribution in [0.3, 0.4) is 0 Å². The SMILES string of the molecule is CC1(C)CCC(C)(C)c2cc(-c3nc(-c4ccccc4)nc(-c4ccc(-c5ccccc5)cc4)n3)ccc21. The fraction of sp³-hybridized carbons (Fsp3) is 0.229. The van der Waals surface area contributed by atoms with Crippen molar-refractivity contribution in [2.75, 3.05) is 0 Å². The minimum Gasteiger partial charge on any atom is -0.208 e. The molecule has 3 nitrogen and oxygen atoms in total. The van der Waals surface area contributed by atoms with Crippen LogP contribution in [0.2, 0.25) is 0 Å². The first kappa shape index (κ1) is 24.2. The first-order chi connectivity index (χ1) is 18.3. The van der Waals surface area contributed by atoms with Crippen LogP contribution in [0.15, 0.2) is 103 Å². The van der Waals surface area contributed by atoms with Crippen LogP contribution < -0.4 is 0 Å². The second-order valence-electron chi connectivity index (χ2n) is 11.6. The Bertz CT molecular complexity index is 1580.